The Morgan fingerprint density at radius 1 is 0.964 bits per heavy atom. The van der Waals surface area contributed by atoms with Gasteiger partial charge in [0.15, 0.2) is 39.7 Å². The molecule has 0 saturated carbocycles. The van der Waals surface area contributed by atoms with Crippen LogP contribution in [0.5, 0.6) is 11.5 Å². The predicted molar refractivity (Wildman–Crippen MR) is 86.4 cm³/mol. The Hall–Kier alpha value is -2.37. The summed E-state index contributed by atoms with van der Waals surface area (Å²) < 4.78 is 114. The zero-order valence-electron chi connectivity index (χ0n) is 14.0. The van der Waals surface area contributed by atoms with Crippen LogP contribution in [-0.2, 0) is 14.6 Å². The minimum Gasteiger partial charge on any atom is -0.493 e. The molecule has 14 heteroatoms. The van der Waals surface area contributed by atoms with Gasteiger partial charge < -0.3 is 14.2 Å². The Balaban J connectivity index is 2.54. The lowest BCUT2D eigenvalue weighted by molar-refractivity contribution is 0.358. The van der Waals surface area contributed by atoms with Crippen LogP contribution in [0.1, 0.15) is 0 Å². The van der Waals surface area contributed by atoms with Crippen molar-refractivity contribution in [3.05, 3.63) is 47.3 Å². The van der Waals surface area contributed by atoms with E-state index in [1.165, 1.54) is 7.11 Å². The van der Waals surface area contributed by atoms with E-state index in [1.54, 1.807) is 4.72 Å². The number of ether oxygens (including phenoxy) is 1. The predicted octanol–water partition coefficient (Wildman–Crippen LogP) is 3.39. The lowest BCUT2D eigenvalue weighted by Crippen LogP contribution is -2.19. The first kappa shape index (κ1) is 21.9. The molecule has 0 aliphatic carbocycles. The molecular formula is C14H11F5NO6PS. The lowest BCUT2D eigenvalue weighted by Gasteiger charge is -2.15. The molecule has 0 heterocycles. The largest absolute Gasteiger partial charge is 0.493 e. The molecule has 1 unspecified atom stereocenters. The van der Waals surface area contributed by atoms with Crippen molar-refractivity contribution in [3.8, 4) is 11.5 Å². The second-order valence-electron chi connectivity index (χ2n) is 5.26. The molecule has 0 aliphatic heterocycles. The van der Waals surface area contributed by atoms with Crippen molar-refractivity contribution in [1.29, 1.82) is 0 Å². The Morgan fingerprint density at radius 3 is 1.93 bits per heavy atom. The summed E-state index contributed by atoms with van der Waals surface area (Å²) in [4.78, 5) is 7.18. The highest BCUT2D eigenvalue weighted by Gasteiger charge is 2.33. The molecule has 0 aliphatic rings. The summed E-state index contributed by atoms with van der Waals surface area (Å²) in [6.07, 6.45) is 0. The van der Waals surface area contributed by atoms with Gasteiger partial charge in [-0.1, -0.05) is 0 Å². The van der Waals surface area contributed by atoms with Crippen LogP contribution in [0.2, 0.25) is 0 Å². The number of rotatable bonds is 6. The van der Waals surface area contributed by atoms with Crippen molar-refractivity contribution in [2.24, 2.45) is 0 Å². The number of sulfonamides is 1. The third-order valence-electron chi connectivity index (χ3n) is 3.12. The Kier molecular flexibility index (Phi) is 5.93. The van der Waals surface area contributed by atoms with Crippen molar-refractivity contribution >= 4 is 23.3 Å². The van der Waals surface area contributed by atoms with E-state index < -0.39 is 63.0 Å². The van der Waals surface area contributed by atoms with E-state index in [2.05, 4.69) is 0 Å². The van der Waals surface area contributed by atoms with Crippen LogP contribution in [0.3, 0.4) is 0 Å². The normalized spacial score (nSPS) is 13.7. The molecule has 0 amide bonds. The van der Waals surface area contributed by atoms with Crippen LogP contribution in [0.15, 0.2) is 23.1 Å². The maximum absolute atomic E-state index is 13.8. The first-order valence-electron chi connectivity index (χ1n) is 7.00. The Labute approximate surface area is 155 Å². The van der Waals surface area contributed by atoms with Gasteiger partial charge in [-0.15, -0.1) is 0 Å². The number of anilines is 1. The molecule has 2 aromatic carbocycles. The SMILES string of the molecule is COc1ccc(NS(=O)(=O)c2c(F)c(F)c(F)c(F)c2F)cc1OP(C)(=O)O. The third-order valence-corrected chi connectivity index (χ3v) is 5.06. The molecule has 0 bridgehead atoms. The van der Waals surface area contributed by atoms with E-state index in [0.717, 1.165) is 24.9 Å². The molecule has 28 heavy (non-hydrogen) atoms. The van der Waals surface area contributed by atoms with Gasteiger partial charge in [0.05, 0.1) is 12.8 Å². The van der Waals surface area contributed by atoms with Crippen molar-refractivity contribution < 1.29 is 49.1 Å². The van der Waals surface area contributed by atoms with Crippen LogP contribution in [-0.4, -0.2) is 27.1 Å². The molecule has 0 aromatic heterocycles. The second kappa shape index (κ2) is 7.57. The Bertz CT molecular complexity index is 1060. The van der Waals surface area contributed by atoms with Gasteiger partial charge in [0, 0.05) is 12.7 Å². The highest BCUT2D eigenvalue weighted by molar-refractivity contribution is 7.92. The molecular weight excluding hydrogens is 436 g/mol. The fourth-order valence-electron chi connectivity index (χ4n) is 2.02. The number of halogens is 5. The quantitative estimate of drug-likeness (QED) is 0.305. The zero-order valence-corrected chi connectivity index (χ0v) is 15.7. The highest BCUT2D eigenvalue weighted by Crippen LogP contribution is 2.43. The highest BCUT2D eigenvalue weighted by atomic mass is 32.2. The van der Waals surface area contributed by atoms with Gasteiger partial charge in [-0.05, 0) is 12.1 Å². The van der Waals surface area contributed by atoms with E-state index in [9.17, 15) is 39.8 Å². The van der Waals surface area contributed by atoms with Crippen molar-refractivity contribution in [2.75, 3.05) is 18.5 Å². The average Bonchev–Trinajstić information content (AvgIpc) is 2.56. The summed E-state index contributed by atoms with van der Waals surface area (Å²) in [5, 5.41) is 0. The van der Waals surface area contributed by atoms with Crippen LogP contribution in [0, 0.1) is 29.1 Å². The minimum atomic E-state index is -5.29. The lowest BCUT2D eigenvalue weighted by atomic mass is 10.3. The van der Waals surface area contributed by atoms with E-state index in [0.29, 0.717) is 0 Å². The van der Waals surface area contributed by atoms with Gasteiger partial charge in [-0.25, -0.2) is 34.9 Å². The molecule has 1 atom stereocenters. The first-order valence-corrected chi connectivity index (χ1v) is 10.5. The average molecular weight is 447 g/mol. The number of benzene rings is 2. The summed E-state index contributed by atoms with van der Waals surface area (Å²) in [6, 6.07) is 2.88. The van der Waals surface area contributed by atoms with Crippen molar-refractivity contribution in [2.45, 2.75) is 4.90 Å². The van der Waals surface area contributed by atoms with Crippen molar-refractivity contribution in [1.82, 2.24) is 0 Å². The van der Waals surface area contributed by atoms with Gasteiger partial charge >= 0.3 is 7.60 Å². The van der Waals surface area contributed by atoms with E-state index in [1.807, 2.05) is 0 Å². The molecule has 2 aromatic rings. The molecule has 154 valence electrons. The molecule has 7 nitrogen and oxygen atoms in total. The molecule has 0 radical (unpaired) electrons. The molecule has 0 saturated heterocycles. The van der Waals surface area contributed by atoms with Gasteiger partial charge in [0.2, 0.25) is 5.82 Å². The fraction of sp³-hybridized carbons (Fsp3) is 0.143. The fourth-order valence-corrected chi connectivity index (χ4v) is 3.72. The number of nitrogens with one attached hydrogen (secondary N) is 1. The van der Waals surface area contributed by atoms with Crippen LogP contribution < -0.4 is 14.0 Å². The second-order valence-corrected chi connectivity index (χ2v) is 8.67. The van der Waals surface area contributed by atoms with Crippen LogP contribution >= 0.6 is 7.60 Å². The minimum absolute atomic E-state index is 0.102. The Morgan fingerprint density at radius 2 is 1.46 bits per heavy atom. The summed E-state index contributed by atoms with van der Waals surface area (Å²) in [5.74, 6) is -13.0. The third kappa shape index (κ3) is 4.37. The van der Waals surface area contributed by atoms with Gasteiger partial charge in [-0.2, -0.15) is 0 Å². The van der Waals surface area contributed by atoms with Gasteiger partial charge in [0.1, 0.15) is 0 Å². The monoisotopic (exact) mass is 447 g/mol. The number of hydrogen-bond donors (Lipinski definition) is 2. The van der Waals surface area contributed by atoms with Crippen LogP contribution in [0.25, 0.3) is 0 Å². The van der Waals surface area contributed by atoms with Gasteiger partial charge in [-0.3, -0.25) is 4.72 Å². The van der Waals surface area contributed by atoms with Crippen LogP contribution in [0.4, 0.5) is 27.6 Å². The molecule has 0 spiro atoms. The summed E-state index contributed by atoms with van der Waals surface area (Å²) in [7, 11) is -8.23. The topological polar surface area (TPSA) is 102 Å². The standard InChI is InChI=1S/C14H11F5NO6PS/c1-25-7-4-3-6(5-8(7)26-27(2,21)22)20-28(23,24)14-12(18)10(16)9(15)11(17)13(14)19/h3-5,20H,1-2H3,(H,21,22). The van der Waals surface area contributed by atoms with E-state index in [4.69, 9.17) is 9.26 Å². The maximum atomic E-state index is 13.8. The molecule has 2 rings (SSSR count). The van der Waals surface area contributed by atoms with E-state index >= 15 is 0 Å². The van der Waals surface area contributed by atoms with Crippen molar-refractivity contribution in [3.63, 3.8) is 0 Å². The van der Waals surface area contributed by atoms with Gasteiger partial charge in [0.25, 0.3) is 10.0 Å². The molecule has 0 fully saturated rings. The smallest absolute Gasteiger partial charge is 0.373 e. The summed E-state index contributed by atoms with van der Waals surface area (Å²) in [5.41, 5.74) is -0.479. The first-order chi connectivity index (χ1) is 12.8. The zero-order chi connectivity index (χ0) is 21.4. The van der Waals surface area contributed by atoms with E-state index in [-0.39, 0.29) is 5.75 Å². The number of hydrogen-bond acceptors (Lipinski definition) is 5. The number of methoxy groups -OCH3 is 1. The molecule has 2 N–H and O–H groups in total. The summed E-state index contributed by atoms with van der Waals surface area (Å²) in [6.45, 7) is 0.818. The summed E-state index contributed by atoms with van der Waals surface area (Å²) >= 11 is 0. The maximum Gasteiger partial charge on any atom is 0.373 e.